The molecule has 1 heterocycles. The van der Waals surface area contributed by atoms with Gasteiger partial charge in [-0.1, -0.05) is 35.9 Å². The van der Waals surface area contributed by atoms with Crippen LogP contribution >= 0.6 is 27.5 Å². The number of urea groups is 1. The molecule has 0 unspecified atom stereocenters. The molecule has 0 aliphatic carbocycles. The minimum absolute atomic E-state index is 0.219. The number of carbonyl (C=O) groups excluding carboxylic acids is 4. The summed E-state index contributed by atoms with van der Waals surface area (Å²) in [7, 11) is 0. The number of rotatable bonds is 6. The SMILES string of the molecule is Cc1ccc(C)c(NC(=O)COc2ccc(/C=C3/C(=O)NC(=O)N(c4cccc(Cl)c4C)C3=O)cc2Br)c1. The van der Waals surface area contributed by atoms with Crippen LogP contribution in [-0.4, -0.2) is 30.4 Å². The lowest BCUT2D eigenvalue weighted by Crippen LogP contribution is -2.54. The van der Waals surface area contributed by atoms with Gasteiger partial charge in [-0.05, 0) is 95.4 Å². The highest BCUT2D eigenvalue weighted by atomic mass is 79.9. The zero-order valence-corrected chi connectivity index (χ0v) is 23.1. The number of benzene rings is 3. The van der Waals surface area contributed by atoms with Crippen molar-refractivity contribution in [2.24, 2.45) is 0 Å². The van der Waals surface area contributed by atoms with Crippen molar-refractivity contribution < 1.29 is 23.9 Å². The summed E-state index contributed by atoms with van der Waals surface area (Å²) in [4.78, 5) is 51.5. The van der Waals surface area contributed by atoms with Crippen LogP contribution in [0.2, 0.25) is 5.02 Å². The van der Waals surface area contributed by atoms with Crippen LogP contribution in [0.15, 0.2) is 64.6 Å². The van der Waals surface area contributed by atoms with E-state index in [2.05, 4.69) is 26.6 Å². The van der Waals surface area contributed by atoms with Gasteiger partial charge in [0.05, 0.1) is 10.2 Å². The van der Waals surface area contributed by atoms with Gasteiger partial charge in [-0.25, -0.2) is 9.69 Å². The number of imide groups is 2. The lowest BCUT2D eigenvalue weighted by Gasteiger charge is -2.27. The van der Waals surface area contributed by atoms with Crippen LogP contribution in [0.4, 0.5) is 16.2 Å². The van der Waals surface area contributed by atoms with Crippen LogP contribution in [0.1, 0.15) is 22.3 Å². The number of halogens is 2. The van der Waals surface area contributed by atoms with E-state index in [1.807, 2.05) is 32.0 Å². The van der Waals surface area contributed by atoms with Crippen molar-refractivity contribution in [1.29, 1.82) is 0 Å². The molecule has 1 saturated heterocycles. The molecule has 1 fully saturated rings. The monoisotopic (exact) mass is 595 g/mol. The standard InChI is InChI=1S/C28H23BrClN3O5/c1-15-7-8-16(2)22(11-15)31-25(34)14-38-24-10-9-18(13-20(24)29)12-19-26(35)32-28(37)33(27(19)36)23-6-4-5-21(30)17(23)3/h4-13H,14H2,1-3H3,(H,31,34)(H,32,35,37)/b19-12-. The molecule has 5 amide bonds. The summed E-state index contributed by atoms with van der Waals surface area (Å²) in [6.45, 7) is 5.31. The third kappa shape index (κ3) is 5.79. The number of anilines is 2. The highest BCUT2D eigenvalue weighted by molar-refractivity contribution is 9.10. The molecule has 0 bridgehead atoms. The smallest absolute Gasteiger partial charge is 0.335 e. The zero-order chi connectivity index (χ0) is 27.6. The fourth-order valence-electron chi connectivity index (χ4n) is 3.81. The molecule has 38 heavy (non-hydrogen) atoms. The average molecular weight is 597 g/mol. The van der Waals surface area contributed by atoms with Crippen LogP contribution in [-0.2, 0) is 14.4 Å². The van der Waals surface area contributed by atoms with Crippen LogP contribution < -0.4 is 20.3 Å². The predicted octanol–water partition coefficient (Wildman–Crippen LogP) is 5.71. The largest absolute Gasteiger partial charge is 0.483 e. The van der Waals surface area contributed by atoms with E-state index in [0.717, 1.165) is 21.7 Å². The van der Waals surface area contributed by atoms with Crippen molar-refractivity contribution in [1.82, 2.24) is 5.32 Å². The molecule has 1 aliphatic heterocycles. The van der Waals surface area contributed by atoms with Crippen LogP contribution in [0.3, 0.4) is 0 Å². The highest BCUT2D eigenvalue weighted by Crippen LogP contribution is 2.31. The number of nitrogens with zero attached hydrogens (tertiary/aromatic N) is 1. The van der Waals surface area contributed by atoms with Gasteiger partial charge in [0.2, 0.25) is 0 Å². The Balaban J connectivity index is 1.50. The van der Waals surface area contributed by atoms with E-state index in [9.17, 15) is 19.2 Å². The highest BCUT2D eigenvalue weighted by Gasteiger charge is 2.37. The number of aryl methyl sites for hydroxylation is 2. The van der Waals surface area contributed by atoms with Gasteiger partial charge < -0.3 is 10.1 Å². The summed E-state index contributed by atoms with van der Waals surface area (Å²) >= 11 is 9.57. The normalized spacial score (nSPS) is 14.5. The number of barbiturate groups is 1. The topological polar surface area (TPSA) is 105 Å². The molecular formula is C28H23BrClN3O5. The van der Waals surface area contributed by atoms with Crippen molar-refractivity contribution in [2.75, 3.05) is 16.8 Å². The molecule has 3 aromatic carbocycles. The van der Waals surface area contributed by atoms with Crippen molar-refractivity contribution in [3.8, 4) is 5.75 Å². The summed E-state index contributed by atoms with van der Waals surface area (Å²) in [5, 5.41) is 5.41. The number of nitrogens with one attached hydrogen (secondary N) is 2. The maximum Gasteiger partial charge on any atom is 0.335 e. The van der Waals surface area contributed by atoms with Crippen LogP contribution in [0.5, 0.6) is 5.75 Å². The van der Waals surface area contributed by atoms with Gasteiger partial charge in [0, 0.05) is 10.7 Å². The van der Waals surface area contributed by atoms with E-state index in [1.54, 1.807) is 43.3 Å². The van der Waals surface area contributed by atoms with Crippen molar-refractivity contribution in [3.05, 3.63) is 91.9 Å². The molecule has 0 atom stereocenters. The molecule has 0 saturated carbocycles. The number of hydrogen-bond acceptors (Lipinski definition) is 5. The Hall–Kier alpha value is -3.95. The van der Waals surface area contributed by atoms with Gasteiger partial charge >= 0.3 is 6.03 Å². The first-order chi connectivity index (χ1) is 18.0. The molecular weight excluding hydrogens is 574 g/mol. The second-order valence-corrected chi connectivity index (χ2v) is 9.95. The van der Waals surface area contributed by atoms with E-state index in [-0.39, 0.29) is 23.8 Å². The Labute approximate surface area is 232 Å². The first-order valence-corrected chi connectivity index (χ1v) is 12.7. The number of hydrogen-bond donors (Lipinski definition) is 2. The van der Waals surface area contributed by atoms with Gasteiger partial charge in [0.1, 0.15) is 11.3 Å². The molecule has 0 aromatic heterocycles. The van der Waals surface area contributed by atoms with E-state index < -0.39 is 17.8 Å². The van der Waals surface area contributed by atoms with E-state index in [1.165, 1.54) is 6.08 Å². The predicted molar refractivity (Wildman–Crippen MR) is 149 cm³/mol. The number of amides is 5. The molecule has 8 nitrogen and oxygen atoms in total. The minimum Gasteiger partial charge on any atom is -0.483 e. The number of ether oxygens (including phenoxy) is 1. The fourth-order valence-corrected chi connectivity index (χ4v) is 4.49. The zero-order valence-electron chi connectivity index (χ0n) is 20.7. The van der Waals surface area contributed by atoms with Crippen molar-refractivity contribution in [2.45, 2.75) is 20.8 Å². The van der Waals surface area contributed by atoms with E-state index in [0.29, 0.717) is 26.4 Å². The Morgan fingerprint density at radius 2 is 1.84 bits per heavy atom. The van der Waals surface area contributed by atoms with Gasteiger partial charge in [-0.15, -0.1) is 0 Å². The van der Waals surface area contributed by atoms with Crippen LogP contribution in [0.25, 0.3) is 6.08 Å². The maximum atomic E-state index is 13.2. The van der Waals surface area contributed by atoms with Crippen molar-refractivity contribution >= 4 is 68.7 Å². The third-order valence-electron chi connectivity index (χ3n) is 5.87. The molecule has 0 spiro atoms. The Kier molecular flexibility index (Phi) is 7.99. The molecule has 3 aromatic rings. The molecule has 194 valence electrons. The molecule has 1 aliphatic rings. The van der Waals surface area contributed by atoms with Gasteiger partial charge in [0.15, 0.2) is 6.61 Å². The minimum atomic E-state index is -0.855. The van der Waals surface area contributed by atoms with Crippen molar-refractivity contribution in [3.63, 3.8) is 0 Å². The van der Waals surface area contributed by atoms with Gasteiger partial charge in [-0.3, -0.25) is 19.7 Å². The lowest BCUT2D eigenvalue weighted by atomic mass is 10.1. The molecule has 10 heteroatoms. The van der Waals surface area contributed by atoms with Crippen LogP contribution in [0, 0.1) is 20.8 Å². The van der Waals surface area contributed by atoms with E-state index >= 15 is 0 Å². The Bertz CT molecular complexity index is 1520. The van der Waals surface area contributed by atoms with E-state index in [4.69, 9.17) is 16.3 Å². The fraction of sp³-hybridized carbons (Fsp3) is 0.143. The summed E-state index contributed by atoms with van der Waals surface area (Å²) in [5.74, 6) is -1.50. The molecule has 0 radical (unpaired) electrons. The quantitative estimate of drug-likeness (QED) is 0.280. The Morgan fingerprint density at radius 3 is 2.58 bits per heavy atom. The Morgan fingerprint density at radius 1 is 1.08 bits per heavy atom. The second kappa shape index (κ2) is 11.2. The number of carbonyl (C=O) groups is 4. The maximum absolute atomic E-state index is 13.2. The third-order valence-corrected chi connectivity index (χ3v) is 6.90. The summed E-state index contributed by atoms with van der Waals surface area (Å²) in [6, 6.07) is 14.6. The molecule has 2 N–H and O–H groups in total. The average Bonchev–Trinajstić information content (AvgIpc) is 2.86. The summed E-state index contributed by atoms with van der Waals surface area (Å²) in [6.07, 6.45) is 1.37. The summed E-state index contributed by atoms with van der Waals surface area (Å²) in [5.41, 5.74) is 3.77. The van der Waals surface area contributed by atoms with Gasteiger partial charge in [0.25, 0.3) is 17.7 Å². The first-order valence-electron chi connectivity index (χ1n) is 11.5. The van der Waals surface area contributed by atoms with Gasteiger partial charge in [-0.2, -0.15) is 0 Å². The summed E-state index contributed by atoms with van der Waals surface area (Å²) < 4.78 is 6.16. The first kappa shape index (κ1) is 27.1. The second-order valence-electron chi connectivity index (χ2n) is 8.69. The molecule has 4 rings (SSSR count). The lowest BCUT2D eigenvalue weighted by molar-refractivity contribution is -0.122.